The van der Waals surface area contributed by atoms with Gasteiger partial charge in [-0.25, -0.2) is 0 Å². The van der Waals surface area contributed by atoms with Crippen LogP contribution in [0.3, 0.4) is 0 Å². The van der Waals surface area contributed by atoms with Crippen LogP contribution >= 0.6 is 21.0 Å². The largest absolute Gasteiger partial charge is 0.511 e. The molecule has 1 unspecified atom stereocenters. The normalized spacial score (nSPS) is 13.1. The number of allylic oxidation sites excluding steroid dienone is 1. The molecule has 1 aromatic heterocycles. The predicted octanol–water partition coefficient (Wildman–Crippen LogP) is 2.60. The van der Waals surface area contributed by atoms with Crippen molar-refractivity contribution in [2.24, 2.45) is 0 Å². The third-order valence-electron chi connectivity index (χ3n) is 3.89. The molecule has 0 aliphatic heterocycles. The average Bonchev–Trinajstić information content (AvgIpc) is 3.00. The van der Waals surface area contributed by atoms with Crippen molar-refractivity contribution in [2.75, 3.05) is 0 Å². The van der Waals surface area contributed by atoms with Crippen LogP contribution in [-0.4, -0.2) is 14.7 Å². The quantitative estimate of drug-likeness (QED) is 0.391. The van der Waals surface area contributed by atoms with Crippen molar-refractivity contribution in [3.8, 4) is 0 Å². The minimum Gasteiger partial charge on any atom is -0.511 e. The number of aliphatic hydroxyl groups is 1. The zero-order chi connectivity index (χ0) is 16.4. The summed E-state index contributed by atoms with van der Waals surface area (Å²) < 4.78 is 1.95. The monoisotopic (exact) mass is 346 g/mol. The summed E-state index contributed by atoms with van der Waals surface area (Å²) in [6.07, 6.45) is 2.60. The Balaban J connectivity index is 1.91. The maximum atomic E-state index is 12.2. The summed E-state index contributed by atoms with van der Waals surface area (Å²) in [6, 6.07) is 8.21. The average molecular weight is 346 g/mol. The van der Waals surface area contributed by atoms with Crippen molar-refractivity contribution >= 4 is 26.3 Å². The number of hydrogen-bond acceptors (Lipinski definition) is 4. The number of nitrogens with zero attached hydrogens (tertiary/aromatic N) is 2. The van der Waals surface area contributed by atoms with Gasteiger partial charge < -0.3 is 9.67 Å². The van der Waals surface area contributed by atoms with E-state index >= 15 is 0 Å². The SMILES string of the molecule is C=C(O)Cn1c(SCc2ccc(P)cc2)nc(=O)c2c1CCC2. The highest BCUT2D eigenvalue weighted by molar-refractivity contribution is 7.98. The fourth-order valence-electron chi connectivity index (χ4n) is 2.80. The molecule has 3 rings (SSSR count). The first-order valence-corrected chi connectivity index (χ1v) is 9.07. The highest BCUT2D eigenvalue weighted by atomic mass is 32.2. The lowest BCUT2D eigenvalue weighted by Gasteiger charge is -2.16. The van der Waals surface area contributed by atoms with Crippen LogP contribution in [-0.2, 0) is 25.1 Å². The summed E-state index contributed by atoms with van der Waals surface area (Å²) >= 11 is 1.52. The molecule has 1 heterocycles. The van der Waals surface area contributed by atoms with Gasteiger partial charge in [-0.15, -0.1) is 9.24 Å². The Bertz CT molecular complexity index is 799. The molecule has 0 radical (unpaired) electrons. The Labute approximate surface area is 141 Å². The highest BCUT2D eigenvalue weighted by Crippen LogP contribution is 2.26. The van der Waals surface area contributed by atoms with E-state index in [1.165, 1.54) is 17.3 Å². The van der Waals surface area contributed by atoms with Crippen molar-refractivity contribution in [1.29, 1.82) is 0 Å². The number of benzene rings is 1. The summed E-state index contributed by atoms with van der Waals surface area (Å²) in [5, 5.41) is 11.4. The second-order valence-electron chi connectivity index (χ2n) is 5.66. The lowest BCUT2D eigenvalue weighted by molar-refractivity contribution is 0.367. The van der Waals surface area contributed by atoms with Crippen LogP contribution in [0.4, 0.5) is 0 Å². The Hall–Kier alpha value is -1.58. The van der Waals surface area contributed by atoms with Gasteiger partial charge in [0, 0.05) is 17.0 Å². The van der Waals surface area contributed by atoms with Gasteiger partial charge >= 0.3 is 0 Å². The number of rotatable bonds is 5. The van der Waals surface area contributed by atoms with E-state index in [0.717, 1.165) is 41.6 Å². The van der Waals surface area contributed by atoms with E-state index in [0.29, 0.717) is 11.7 Å². The van der Waals surface area contributed by atoms with Gasteiger partial charge in [-0.3, -0.25) is 4.79 Å². The lowest BCUT2D eigenvalue weighted by Crippen LogP contribution is -2.22. The molecule has 4 nitrogen and oxygen atoms in total. The van der Waals surface area contributed by atoms with Crippen LogP contribution in [0.1, 0.15) is 23.2 Å². The molecule has 0 bridgehead atoms. The minimum absolute atomic E-state index is 0.0822. The zero-order valence-corrected chi connectivity index (χ0v) is 14.8. The summed E-state index contributed by atoms with van der Waals surface area (Å²) in [7, 11) is 2.66. The molecule has 1 aromatic carbocycles. The highest BCUT2D eigenvalue weighted by Gasteiger charge is 2.21. The molecule has 1 N–H and O–H groups in total. The minimum atomic E-state index is -0.125. The van der Waals surface area contributed by atoms with E-state index in [2.05, 4.69) is 32.9 Å². The lowest BCUT2D eigenvalue weighted by atomic mass is 10.2. The molecule has 0 saturated carbocycles. The fourth-order valence-corrected chi connectivity index (χ4v) is 3.96. The Morgan fingerprint density at radius 1 is 1.35 bits per heavy atom. The van der Waals surface area contributed by atoms with E-state index in [9.17, 15) is 9.90 Å². The Kier molecular flexibility index (Phi) is 4.88. The van der Waals surface area contributed by atoms with Gasteiger partial charge in [0.25, 0.3) is 5.56 Å². The van der Waals surface area contributed by atoms with Crippen molar-refractivity contribution in [3.05, 3.63) is 63.8 Å². The van der Waals surface area contributed by atoms with E-state index in [1.807, 2.05) is 16.7 Å². The molecular formula is C17H19N2O2PS. The topological polar surface area (TPSA) is 55.1 Å². The van der Waals surface area contributed by atoms with Gasteiger partial charge in [0.2, 0.25) is 0 Å². The third-order valence-corrected chi connectivity index (χ3v) is 5.32. The van der Waals surface area contributed by atoms with Crippen LogP contribution in [0.5, 0.6) is 0 Å². The Morgan fingerprint density at radius 2 is 2.09 bits per heavy atom. The zero-order valence-electron chi connectivity index (χ0n) is 12.8. The molecule has 0 amide bonds. The standard InChI is InChI=1S/C17H19N2O2PS/c1-11(20)9-19-15-4-2-3-14(15)16(21)18-17(19)23-10-12-5-7-13(22)8-6-12/h5-8,20H,1-4,9-10,22H2. The second-order valence-corrected chi connectivity index (χ2v) is 7.27. The van der Waals surface area contributed by atoms with Gasteiger partial charge in [0.1, 0.15) is 5.76 Å². The molecule has 1 aliphatic carbocycles. The first kappa shape index (κ1) is 16.3. The van der Waals surface area contributed by atoms with Crippen LogP contribution in [0.25, 0.3) is 0 Å². The van der Waals surface area contributed by atoms with Gasteiger partial charge in [0.15, 0.2) is 5.16 Å². The molecule has 0 fully saturated rings. The molecule has 23 heavy (non-hydrogen) atoms. The molecule has 1 aliphatic rings. The van der Waals surface area contributed by atoms with E-state index in [4.69, 9.17) is 0 Å². The van der Waals surface area contributed by atoms with Gasteiger partial charge in [-0.05, 0) is 30.1 Å². The van der Waals surface area contributed by atoms with Crippen LogP contribution < -0.4 is 10.9 Å². The summed E-state index contributed by atoms with van der Waals surface area (Å²) in [5.74, 6) is 0.812. The van der Waals surface area contributed by atoms with Crippen LogP contribution in [0.15, 0.2) is 46.6 Å². The molecular weight excluding hydrogens is 327 g/mol. The Morgan fingerprint density at radius 3 is 2.78 bits per heavy atom. The first-order valence-electron chi connectivity index (χ1n) is 7.51. The summed E-state index contributed by atoms with van der Waals surface area (Å²) in [6.45, 7) is 3.88. The van der Waals surface area contributed by atoms with Gasteiger partial charge in [-0.2, -0.15) is 4.98 Å². The van der Waals surface area contributed by atoms with Crippen LogP contribution in [0, 0.1) is 0 Å². The number of aliphatic hydroxyl groups excluding tert-OH is 1. The first-order chi connectivity index (χ1) is 11.0. The second kappa shape index (κ2) is 6.90. The van der Waals surface area contributed by atoms with Gasteiger partial charge in [0.05, 0.1) is 6.54 Å². The third kappa shape index (κ3) is 3.67. The molecule has 6 heteroatoms. The van der Waals surface area contributed by atoms with E-state index in [1.54, 1.807) is 0 Å². The smallest absolute Gasteiger partial charge is 0.277 e. The van der Waals surface area contributed by atoms with Crippen molar-refractivity contribution < 1.29 is 5.11 Å². The summed E-state index contributed by atoms with van der Waals surface area (Å²) in [5.41, 5.74) is 2.84. The van der Waals surface area contributed by atoms with Crippen molar-refractivity contribution in [3.63, 3.8) is 0 Å². The maximum Gasteiger partial charge on any atom is 0.277 e. The number of fused-ring (bicyclic) bond motifs is 1. The summed E-state index contributed by atoms with van der Waals surface area (Å²) in [4.78, 5) is 16.4. The van der Waals surface area contributed by atoms with Gasteiger partial charge in [-0.1, -0.05) is 42.6 Å². The number of thioether (sulfide) groups is 1. The molecule has 0 saturated heterocycles. The van der Waals surface area contributed by atoms with E-state index < -0.39 is 0 Å². The number of hydrogen-bond donors (Lipinski definition) is 1. The van der Waals surface area contributed by atoms with Crippen molar-refractivity contribution in [1.82, 2.24) is 9.55 Å². The van der Waals surface area contributed by atoms with Crippen molar-refractivity contribution in [2.45, 2.75) is 36.7 Å². The van der Waals surface area contributed by atoms with Crippen LogP contribution in [0.2, 0.25) is 0 Å². The molecule has 2 aromatic rings. The molecule has 1 atom stereocenters. The molecule has 0 spiro atoms. The maximum absolute atomic E-state index is 12.2. The van der Waals surface area contributed by atoms with E-state index in [-0.39, 0.29) is 11.3 Å². The number of aromatic nitrogens is 2. The molecule has 120 valence electrons. The fraction of sp³-hybridized carbons (Fsp3) is 0.294. The predicted molar refractivity (Wildman–Crippen MR) is 97.6 cm³/mol.